The van der Waals surface area contributed by atoms with E-state index in [2.05, 4.69) is 15.6 Å². The molecule has 0 fully saturated rings. The maximum atomic E-state index is 13.4. The molecule has 0 aliphatic rings. The van der Waals surface area contributed by atoms with Crippen molar-refractivity contribution in [1.29, 1.82) is 0 Å². The third kappa shape index (κ3) is 7.18. The molecule has 0 radical (unpaired) electrons. The standard InChI is InChI=1S/C30H27ClFN3O4S/c1-40(36,37)14-13-33-18-24-7-10-29(39-24)21-5-8-27-25(16-21)28(11-12-34-27)35-23-6-9-30(26(31)17-23)38-19-20-3-2-4-22(32)15-20/h2-12,15-17,33H,13-14,18-19H2,1H3,(H,34,35). The Bertz CT molecular complexity index is 1760. The van der Waals surface area contributed by atoms with Crippen molar-refractivity contribution in [1.82, 2.24) is 10.3 Å². The van der Waals surface area contributed by atoms with Crippen LogP contribution in [-0.4, -0.2) is 32.0 Å². The fourth-order valence-corrected chi connectivity index (χ4v) is 4.89. The van der Waals surface area contributed by atoms with Crippen LogP contribution < -0.4 is 15.4 Å². The number of hydrogen-bond donors (Lipinski definition) is 2. The van der Waals surface area contributed by atoms with Crippen LogP contribution >= 0.6 is 11.6 Å². The molecule has 5 rings (SSSR count). The van der Waals surface area contributed by atoms with Gasteiger partial charge in [-0.3, -0.25) is 4.98 Å². The molecule has 2 aromatic heterocycles. The number of furan rings is 1. The normalized spacial score (nSPS) is 11.6. The average molecular weight is 580 g/mol. The summed E-state index contributed by atoms with van der Waals surface area (Å²) < 4.78 is 47.8. The van der Waals surface area contributed by atoms with Crippen LogP contribution in [0.2, 0.25) is 5.02 Å². The largest absolute Gasteiger partial charge is 0.487 e. The number of ether oxygens (including phenoxy) is 1. The van der Waals surface area contributed by atoms with E-state index < -0.39 is 9.84 Å². The number of sulfone groups is 1. The Morgan fingerprint density at radius 3 is 2.70 bits per heavy atom. The number of fused-ring (bicyclic) bond motifs is 1. The van der Waals surface area contributed by atoms with Crippen molar-refractivity contribution in [3.8, 4) is 17.1 Å². The number of benzene rings is 3. The van der Waals surface area contributed by atoms with Crippen molar-refractivity contribution in [2.24, 2.45) is 0 Å². The molecule has 0 unspecified atom stereocenters. The number of nitrogens with zero attached hydrogens (tertiary/aromatic N) is 1. The Hall–Kier alpha value is -3.92. The minimum Gasteiger partial charge on any atom is -0.487 e. The second kappa shape index (κ2) is 12.1. The summed E-state index contributed by atoms with van der Waals surface area (Å²) in [4.78, 5) is 4.48. The van der Waals surface area contributed by atoms with Crippen molar-refractivity contribution >= 4 is 43.7 Å². The van der Waals surface area contributed by atoms with Crippen molar-refractivity contribution in [3.63, 3.8) is 0 Å². The molecule has 0 aliphatic carbocycles. The van der Waals surface area contributed by atoms with Crippen LogP contribution in [0.3, 0.4) is 0 Å². The second-order valence-electron chi connectivity index (χ2n) is 9.35. The summed E-state index contributed by atoms with van der Waals surface area (Å²) in [6.45, 7) is 0.989. The monoisotopic (exact) mass is 579 g/mol. The maximum Gasteiger partial charge on any atom is 0.148 e. The summed E-state index contributed by atoms with van der Waals surface area (Å²) in [5.41, 5.74) is 4.01. The van der Waals surface area contributed by atoms with Crippen LogP contribution in [0.5, 0.6) is 5.75 Å². The van der Waals surface area contributed by atoms with Crippen LogP contribution in [-0.2, 0) is 23.0 Å². The van der Waals surface area contributed by atoms with Crippen LogP contribution in [0.1, 0.15) is 11.3 Å². The van der Waals surface area contributed by atoms with E-state index >= 15 is 0 Å². The van der Waals surface area contributed by atoms with E-state index in [1.54, 1.807) is 30.5 Å². The van der Waals surface area contributed by atoms with Gasteiger partial charge in [0.05, 0.1) is 22.8 Å². The smallest absolute Gasteiger partial charge is 0.148 e. The van der Waals surface area contributed by atoms with Gasteiger partial charge in [0.2, 0.25) is 0 Å². The molecule has 0 saturated heterocycles. The Morgan fingerprint density at radius 2 is 1.90 bits per heavy atom. The van der Waals surface area contributed by atoms with Crippen molar-refractivity contribution < 1.29 is 22.0 Å². The highest BCUT2D eigenvalue weighted by atomic mass is 35.5. The maximum absolute atomic E-state index is 13.4. The van der Waals surface area contributed by atoms with Gasteiger partial charge in [-0.1, -0.05) is 23.7 Å². The summed E-state index contributed by atoms with van der Waals surface area (Å²) in [6, 6.07) is 23.2. The highest BCUT2D eigenvalue weighted by molar-refractivity contribution is 7.90. The first-order chi connectivity index (χ1) is 19.2. The van der Waals surface area contributed by atoms with Crippen molar-refractivity contribution in [2.45, 2.75) is 13.2 Å². The van der Waals surface area contributed by atoms with Gasteiger partial charge in [0.15, 0.2) is 0 Å². The van der Waals surface area contributed by atoms with E-state index in [0.717, 1.165) is 27.8 Å². The first-order valence-electron chi connectivity index (χ1n) is 12.5. The van der Waals surface area contributed by atoms with E-state index in [0.29, 0.717) is 40.9 Å². The molecule has 2 N–H and O–H groups in total. The fourth-order valence-electron chi connectivity index (χ4n) is 4.14. The summed E-state index contributed by atoms with van der Waals surface area (Å²) in [5, 5.41) is 7.82. The minimum atomic E-state index is -3.01. The van der Waals surface area contributed by atoms with Gasteiger partial charge in [-0.15, -0.1) is 0 Å². The minimum absolute atomic E-state index is 0.0733. The van der Waals surface area contributed by atoms with Crippen molar-refractivity contribution in [2.75, 3.05) is 23.9 Å². The number of anilines is 2. The Morgan fingerprint density at radius 1 is 1.02 bits per heavy atom. The summed E-state index contributed by atoms with van der Waals surface area (Å²) in [7, 11) is -3.01. The van der Waals surface area contributed by atoms with E-state index in [-0.39, 0.29) is 18.2 Å². The number of halogens is 2. The number of pyridine rings is 1. The van der Waals surface area contributed by atoms with Gasteiger partial charge in [0.25, 0.3) is 0 Å². The van der Waals surface area contributed by atoms with Gasteiger partial charge in [0.1, 0.15) is 39.5 Å². The van der Waals surface area contributed by atoms with Gasteiger partial charge in [-0.25, -0.2) is 12.8 Å². The lowest BCUT2D eigenvalue weighted by molar-refractivity contribution is 0.306. The van der Waals surface area contributed by atoms with Gasteiger partial charge >= 0.3 is 0 Å². The van der Waals surface area contributed by atoms with E-state index in [1.165, 1.54) is 18.4 Å². The second-order valence-corrected chi connectivity index (χ2v) is 12.0. The van der Waals surface area contributed by atoms with Crippen molar-refractivity contribution in [3.05, 3.63) is 107 Å². The van der Waals surface area contributed by atoms with E-state index in [4.69, 9.17) is 20.8 Å². The molecule has 206 valence electrons. The zero-order valence-corrected chi connectivity index (χ0v) is 23.2. The lowest BCUT2D eigenvalue weighted by atomic mass is 10.1. The van der Waals surface area contributed by atoms with Gasteiger partial charge < -0.3 is 19.8 Å². The highest BCUT2D eigenvalue weighted by Crippen LogP contribution is 2.33. The first-order valence-corrected chi connectivity index (χ1v) is 15.0. The molecule has 0 spiro atoms. The van der Waals surface area contributed by atoms with E-state index in [9.17, 15) is 12.8 Å². The first kappa shape index (κ1) is 27.6. The Balaban J connectivity index is 1.29. The number of rotatable bonds is 11. The third-order valence-corrected chi connectivity index (χ3v) is 7.37. The predicted octanol–water partition coefficient (Wildman–Crippen LogP) is 6.74. The third-order valence-electron chi connectivity index (χ3n) is 6.13. The Labute approximate surface area is 236 Å². The fraction of sp³-hybridized carbons (Fsp3) is 0.167. The molecule has 5 aromatic rings. The molecule has 0 amide bonds. The van der Waals surface area contributed by atoms with Crippen LogP contribution in [0, 0.1) is 5.82 Å². The number of aromatic nitrogens is 1. The van der Waals surface area contributed by atoms with Crippen LogP contribution in [0.4, 0.5) is 15.8 Å². The molecule has 7 nitrogen and oxygen atoms in total. The zero-order chi connectivity index (χ0) is 28.1. The summed E-state index contributed by atoms with van der Waals surface area (Å²) in [5.74, 6) is 1.66. The lowest BCUT2D eigenvalue weighted by Crippen LogP contribution is -2.21. The van der Waals surface area contributed by atoms with E-state index in [1.807, 2.05) is 42.5 Å². The summed E-state index contributed by atoms with van der Waals surface area (Å²) >= 11 is 6.49. The average Bonchev–Trinajstić information content (AvgIpc) is 3.39. The molecule has 2 heterocycles. The molecule has 0 bridgehead atoms. The SMILES string of the molecule is CS(=O)(=O)CCNCc1ccc(-c2ccc3nccc(Nc4ccc(OCc5cccc(F)c5)c(Cl)c4)c3c2)o1. The predicted molar refractivity (Wildman–Crippen MR) is 156 cm³/mol. The van der Waals surface area contributed by atoms with Gasteiger partial charge in [-0.05, 0) is 72.3 Å². The quantitative estimate of drug-likeness (QED) is 0.167. The Kier molecular flexibility index (Phi) is 8.35. The molecular formula is C30H27ClFN3O4S. The lowest BCUT2D eigenvalue weighted by Gasteiger charge is -2.13. The van der Waals surface area contributed by atoms with Gasteiger partial charge in [-0.2, -0.15) is 0 Å². The number of nitrogens with one attached hydrogen (secondary N) is 2. The zero-order valence-electron chi connectivity index (χ0n) is 21.7. The molecule has 40 heavy (non-hydrogen) atoms. The van der Waals surface area contributed by atoms with Gasteiger partial charge in [0, 0.05) is 41.3 Å². The molecule has 3 aromatic carbocycles. The number of hydrogen-bond acceptors (Lipinski definition) is 7. The molecule has 10 heteroatoms. The van der Waals surface area contributed by atoms with Crippen LogP contribution in [0.15, 0.2) is 89.5 Å². The molecule has 0 saturated carbocycles. The topological polar surface area (TPSA) is 93.5 Å². The molecule has 0 aliphatic heterocycles. The molecule has 0 atom stereocenters. The van der Waals surface area contributed by atoms with Crippen LogP contribution in [0.25, 0.3) is 22.2 Å². The highest BCUT2D eigenvalue weighted by Gasteiger charge is 2.11. The summed E-state index contributed by atoms with van der Waals surface area (Å²) in [6.07, 6.45) is 2.95. The molecular weight excluding hydrogens is 553 g/mol.